The van der Waals surface area contributed by atoms with Crippen LogP contribution in [0.4, 0.5) is 0 Å². The van der Waals surface area contributed by atoms with Crippen molar-refractivity contribution in [2.75, 3.05) is 6.54 Å². The zero-order valence-corrected chi connectivity index (χ0v) is 12.5. The van der Waals surface area contributed by atoms with E-state index in [1.54, 1.807) is 6.92 Å². The summed E-state index contributed by atoms with van der Waals surface area (Å²) in [4.78, 5) is 13.0. The maximum atomic E-state index is 12.1. The highest BCUT2D eigenvalue weighted by molar-refractivity contribution is 7.10. The summed E-state index contributed by atoms with van der Waals surface area (Å²) >= 11 is 1.52. The van der Waals surface area contributed by atoms with Crippen molar-refractivity contribution >= 4 is 17.2 Å². The molecule has 0 saturated heterocycles. The SMILES string of the molecule is CC1CCC(C(=O)NCC(C)(O)c2cccs2)CC1. The van der Waals surface area contributed by atoms with E-state index in [4.69, 9.17) is 0 Å². The lowest BCUT2D eigenvalue weighted by Gasteiger charge is -2.27. The molecular formula is C15H23NO2S. The van der Waals surface area contributed by atoms with E-state index in [0.717, 1.165) is 36.5 Å². The Balaban J connectivity index is 1.83. The van der Waals surface area contributed by atoms with Crippen LogP contribution < -0.4 is 5.32 Å². The van der Waals surface area contributed by atoms with Crippen molar-refractivity contribution in [3.8, 4) is 0 Å². The molecule has 1 fully saturated rings. The molecule has 106 valence electrons. The Morgan fingerprint density at radius 1 is 1.47 bits per heavy atom. The molecular weight excluding hydrogens is 258 g/mol. The summed E-state index contributed by atoms with van der Waals surface area (Å²) in [6.45, 7) is 4.29. The van der Waals surface area contributed by atoms with Crippen LogP contribution >= 0.6 is 11.3 Å². The van der Waals surface area contributed by atoms with Gasteiger partial charge in [0, 0.05) is 10.8 Å². The smallest absolute Gasteiger partial charge is 0.223 e. The van der Waals surface area contributed by atoms with Crippen molar-refractivity contribution in [1.82, 2.24) is 5.32 Å². The average Bonchev–Trinajstić information content (AvgIpc) is 2.91. The molecule has 0 bridgehead atoms. The quantitative estimate of drug-likeness (QED) is 0.891. The molecule has 0 radical (unpaired) electrons. The van der Waals surface area contributed by atoms with Crippen LogP contribution in [0, 0.1) is 11.8 Å². The Morgan fingerprint density at radius 3 is 2.74 bits per heavy atom. The van der Waals surface area contributed by atoms with Crippen molar-refractivity contribution in [3.05, 3.63) is 22.4 Å². The van der Waals surface area contributed by atoms with Gasteiger partial charge in [-0.25, -0.2) is 0 Å². The Morgan fingerprint density at radius 2 is 2.16 bits per heavy atom. The number of thiophene rings is 1. The van der Waals surface area contributed by atoms with Crippen LogP contribution in [0.15, 0.2) is 17.5 Å². The molecule has 1 saturated carbocycles. The Labute approximate surface area is 119 Å². The molecule has 1 heterocycles. The lowest BCUT2D eigenvalue weighted by Crippen LogP contribution is -2.41. The van der Waals surface area contributed by atoms with Gasteiger partial charge in [-0.2, -0.15) is 0 Å². The maximum absolute atomic E-state index is 12.1. The van der Waals surface area contributed by atoms with Crippen molar-refractivity contribution in [3.63, 3.8) is 0 Å². The van der Waals surface area contributed by atoms with Gasteiger partial charge >= 0.3 is 0 Å². The standard InChI is InChI=1S/C15H23NO2S/c1-11-5-7-12(8-6-11)14(17)16-10-15(2,18)13-4-3-9-19-13/h3-4,9,11-12,18H,5-8,10H2,1-2H3,(H,16,17). The average molecular weight is 281 g/mol. The van der Waals surface area contributed by atoms with Gasteiger partial charge in [-0.05, 0) is 50.0 Å². The lowest BCUT2D eigenvalue weighted by molar-refractivity contribution is -0.127. The molecule has 1 unspecified atom stereocenters. The molecule has 3 nitrogen and oxygen atoms in total. The topological polar surface area (TPSA) is 49.3 Å². The third kappa shape index (κ3) is 3.80. The molecule has 4 heteroatoms. The monoisotopic (exact) mass is 281 g/mol. The third-order valence-electron chi connectivity index (χ3n) is 4.05. The van der Waals surface area contributed by atoms with Gasteiger partial charge in [-0.3, -0.25) is 4.79 Å². The first-order valence-electron chi connectivity index (χ1n) is 7.03. The van der Waals surface area contributed by atoms with Gasteiger partial charge in [0.05, 0.1) is 6.54 Å². The molecule has 1 aliphatic carbocycles. The number of carbonyl (C=O) groups excluding carboxylic acids is 1. The summed E-state index contributed by atoms with van der Waals surface area (Å²) < 4.78 is 0. The van der Waals surface area contributed by atoms with Crippen LogP contribution in [0.1, 0.15) is 44.4 Å². The molecule has 1 amide bonds. The van der Waals surface area contributed by atoms with E-state index < -0.39 is 5.60 Å². The van der Waals surface area contributed by atoms with Gasteiger partial charge in [0.1, 0.15) is 5.60 Å². The van der Waals surface area contributed by atoms with Crippen molar-refractivity contribution in [1.29, 1.82) is 0 Å². The van der Waals surface area contributed by atoms with Gasteiger partial charge in [0.25, 0.3) is 0 Å². The number of hydrogen-bond acceptors (Lipinski definition) is 3. The minimum atomic E-state index is -0.966. The lowest BCUT2D eigenvalue weighted by atomic mass is 9.82. The van der Waals surface area contributed by atoms with Crippen LogP contribution in [0.5, 0.6) is 0 Å². The van der Waals surface area contributed by atoms with E-state index in [0.29, 0.717) is 6.54 Å². The van der Waals surface area contributed by atoms with Crippen LogP contribution in [-0.4, -0.2) is 17.6 Å². The Hall–Kier alpha value is -0.870. The van der Waals surface area contributed by atoms with Gasteiger partial charge in [-0.15, -0.1) is 11.3 Å². The first kappa shape index (κ1) is 14.5. The molecule has 1 aliphatic rings. The second-order valence-corrected chi connectivity index (χ2v) is 6.87. The number of carbonyl (C=O) groups is 1. The highest BCUT2D eigenvalue weighted by Gasteiger charge is 2.28. The molecule has 1 atom stereocenters. The summed E-state index contributed by atoms with van der Waals surface area (Å²) in [5.41, 5.74) is -0.966. The second kappa shape index (κ2) is 6.06. The van der Waals surface area contributed by atoms with Gasteiger partial charge in [0.2, 0.25) is 5.91 Å². The molecule has 1 aromatic rings. The molecule has 0 spiro atoms. The van der Waals surface area contributed by atoms with Crippen LogP contribution in [-0.2, 0) is 10.4 Å². The van der Waals surface area contributed by atoms with Crippen LogP contribution in [0.3, 0.4) is 0 Å². The fraction of sp³-hybridized carbons (Fsp3) is 0.667. The largest absolute Gasteiger partial charge is 0.383 e. The molecule has 2 rings (SSSR count). The highest BCUT2D eigenvalue weighted by atomic mass is 32.1. The minimum Gasteiger partial charge on any atom is -0.383 e. The van der Waals surface area contributed by atoms with Gasteiger partial charge in [0.15, 0.2) is 0 Å². The molecule has 0 aliphatic heterocycles. The van der Waals surface area contributed by atoms with E-state index >= 15 is 0 Å². The van der Waals surface area contributed by atoms with Gasteiger partial charge < -0.3 is 10.4 Å². The zero-order valence-electron chi connectivity index (χ0n) is 11.7. The summed E-state index contributed by atoms with van der Waals surface area (Å²) in [6, 6.07) is 3.82. The minimum absolute atomic E-state index is 0.101. The highest BCUT2D eigenvalue weighted by Crippen LogP contribution is 2.29. The van der Waals surface area contributed by atoms with Gasteiger partial charge in [-0.1, -0.05) is 13.0 Å². The summed E-state index contributed by atoms with van der Waals surface area (Å²) in [7, 11) is 0. The molecule has 19 heavy (non-hydrogen) atoms. The summed E-state index contributed by atoms with van der Waals surface area (Å²) in [5, 5.41) is 15.2. The number of nitrogens with one attached hydrogen (secondary N) is 1. The number of hydrogen-bond donors (Lipinski definition) is 2. The second-order valence-electron chi connectivity index (χ2n) is 5.93. The van der Waals surface area contributed by atoms with E-state index in [9.17, 15) is 9.90 Å². The number of aliphatic hydroxyl groups is 1. The van der Waals surface area contributed by atoms with Crippen LogP contribution in [0.2, 0.25) is 0 Å². The number of amides is 1. The summed E-state index contributed by atoms with van der Waals surface area (Å²) in [5.74, 6) is 0.984. The first-order valence-corrected chi connectivity index (χ1v) is 7.91. The zero-order chi connectivity index (χ0) is 13.9. The predicted molar refractivity (Wildman–Crippen MR) is 78.0 cm³/mol. The van der Waals surface area contributed by atoms with Crippen molar-refractivity contribution < 1.29 is 9.90 Å². The summed E-state index contributed by atoms with van der Waals surface area (Å²) in [6.07, 6.45) is 4.24. The first-order chi connectivity index (χ1) is 8.99. The molecule has 2 N–H and O–H groups in total. The third-order valence-corrected chi connectivity index (χ3v) is 5.17. The molecule has 1 aromatic heterocycles. The molecule has 0 aromatic carbocycles. The fourth-order valence-corrected chi connectivity index (χ4v) is 3.38. The van der Waals surface area contributed by atoms with Crippen molar-refractivity contribution in [2.45, 2.75) is 45.1 Å². The number of rotatable bonds is 4. The fourth-order valence-electron chi connectivity index (χ4n) is 2.60. The van der Waals surface area contributed by atoms with E-state index in [1.807, 2.05) is 17.5 Å². The maximum Gasteiger partial charge on any atom is 0.223 e. The normalized spacial score (nSPS) is 26.7. The predicted octanol–water partition coefficient (Wildman–Crippen LogP) is 2.90. The van der Waals surface area contributed by atoms with E-state index in [-0.39, 0.29) is 11.8 Å². The Kier molecular flexibility index (Phi) is 4.63. The van der Waals surface area contributed by atoms with E-state index in [2.05, 4.69) is 12.2 Å². The van der Waals surface area contributed by atoms with E-state index in [1.165, 1.54) is 11.3 Å². The Bertz CT molecular complexity index is 406. The van der Waals surface area contributed by atoms with Crippen LogP contribution in [0.25, 0.3) is 0 Å². The van der Waals surface area contributed by atoms with Crippen molar-refractivity contribution in [2.24, 2.45) is 11.8 Å².